The molecule has 6 heteroatoms. The van der Waals surface area contributed by atoms with E-state index >= 15 is 0 Å². The summed E-state index contributed by atoms with van der Waals surface area (Å²) in [5.41, 5.74) is 3.19. The molecule has 2 heterocycles. The molecule has 1 atom stereocenters. The Balaban J connectivity index is 1.91. The van der Waals surface area contributed by atoms with Gasteiger partial charge in [0.2, 0.25) is 5.88 Å². The largest absolute Gasteiger partial charge is 0.494 e. The number of rotatable bonds is 3. The number of hydrogen-bond acceptors (Lipinski definition) is 5. The number of ether oxygens (including phenoxy) is 2. The van der Waals surface area contributed by atoms with E-state index in [0.717, 1.165) is 21.5 Å². The summed E-state index contributed by atoms with van der Waals surface area (Å²) in [7, 11) is 1.89. The van der Waals surface area contributed by atoms with Crippen molar-refractivity contribution >= 4 is 39.0 Å². The molecule has 146 valence electrons. The van der Waals surface area contributed by atoms with Crippen LogP contribution in [0.2, 0.25) is 0 Å². The van der Waals surface area contributed by atoms with Crippen molar-refractivity contribution in [3.63, 3.8) is 0 Å². The lowest BCUT2D eigenvalue weighted by molar-refractivity contribution is 0.395. The van der Waals surface area contributed by atoms with Crippen LogP contribution in [0, 0.1) is 6.92 Å². The first-order chi connectivity index (χ1) is 14.1. The second-order valence-corrected chi connectivity index (χ2v) is 8.21. The lowest BCUT2D eigenvalue weighted by Crippen LogP contribution is -2.19. The molecule has 1 aliphatic heterocycles. The number of anilines is 3. The van der Waals surface area contributed by atoms with E-state index < -0.39 is 10.8 Å². The smallest absolute Gasteiger partial charge is 0.222 e. The fraction of sp³-hybridized carbons (Fsp3) is 0.130. The molecule has 0 saturated heterocycles. The summed E-state index contributed by atoms with van der Waals surface area (Å²) in [5, 5.41) is 0.838. The number of hydrogen-bond donors (Lipinski definition) is 0. The van der Waals surface area contributed by atoms with Crippen LogP contribution in [0.25, 0.3) is 11.0 Å². The topological polar surface area (TPSA) is 51.9 Å². The fourth-order valence-corrected chi connectivity index (χ4v) is 5.25. The number of methoxy groups -OCH3 is 2. The molecule has 0 N–H and O–H groups in total. The van der Waals surface area contributed by atoms with Crippen molar-refractivity contribution in [2.45, 2.75) is 16.7 Å². The number of para-hydroxylation sites is 2. The Kier molecular flexibility index (Phi) is 4.10. The molecule has 0 fully saturated rings. The molecule has 1 unspecified atom stereocenters. The third-order valence-corrected chi connectivity index (χ3v) is 6.58. The third-order valence-electron chi connectivity index (χ3n) is 5.07. The molecule has 0 aliphatic carbocycles. The summed E-state index contributed by atoms with van der Waals surface area (Å²) in [4.78, 5) is 3.32. The Morgan fingerprint density at radius 2 is 1.59 bits per heavy atom. The molecule has 5 rings (SSSR count). The molecule has 1 aromatic heterocycles. The molecule has 3 aromatic carbocycles. The van der Waals surface area contributed by atoms with E-state index in [1.165, 1.54) is 0 Å². The van der Waals surface area contributed by atoms with Gasteiger partial charge in [0.05, 0.1) is 35.6 Å². The minimum Gasteiger partial charge on any atom is -0.494 e. The SMILES string of the molecule is COc1cc(C)cc(OC)c1N1c2ccccc2S(=O)c2c1oc1ccccc21. The lowest BCUT2D eigenvalue weighted by atomic mass is 10.1. The number of nitrogens with zero attached hydrogens (tertiary/aromatic N) is 1. The van der Waals surface area contributed by atoms with E-state index in [9.17, 15) is 4.21 Å². The molecular formula is C23H19NO4S. The van der Waals surface area contributed by atoms with Gasteiger partial charge in [-0.25, -0.2) is 4.21 Å². The Morgan fingerprint density at radius 1 is 0.931 bits per heavy atom. The predicted octanol–water partition coefficient (Wildman–Crippen LogP) is 5.71. The second-order valence-electron chi connectivity index (χ2n) is 6.82. The second kappa shape index (κ2) is 6.67. The van der Waals surface area contributed by atoms with Gasteiger partial charge >= 0.3 is 0 Å². The maximum Gasteiger partial charge on any atom is 0.222 e. The van der Waals surface area contributed by atoms with Crippen molar-refractivity contribution in [3.05, 3.63) is 66.2 Å². The summed E-state index contributed by atoms with van der Waals surface area (Å²) in [5.74, 6) is 1.81. The number of furan rings is 1. The van der Waals surface area contributed by atoms with Crippen LogP contribution in [0.15, 0.2) is 74.9 Å². The van der Waals surface area contributed by atoms with E-state index in [-0.39, 0.29) is 0 Å². The first kappa shape index (κ1) is 17.8. The monoisotopic (exact) mass is 405 g/mol. The summed E-state index contributed by atoms with van der Waals surface area (Å²) in [6.45, 7) is 1.99. The van der Waals surface area contributed by atoms with Crippen molar-refractivity contribution in [3.8, 4) is 11.5 Å². The number of fused-ring (bicyclic) bond motifs is 4. The standard InChI is InChI=1S/C23H19NO4S/c1-14-12-18(26-2)21(19(13-14)27-3)24-16-9-5-7-11-20(16)29(25)22-15-8-4-6-10-17(15)28-23(22)24/h4-13H,1-3H3. The zero-order chi connectivity index (χ0) is 20.1. The van der Waals surface area contributed by atoms with Crippen molar-refractivity contribution in [2.75, 3.05) is 19.1 Å². The minimum absolute atomic E-state index is 0.517. The van der Waals surface area contributed by atoms with E-state index in [1.807, 2.05) is 72.5 Å². The lowest BCUT2D eigenvalue weighted by Gasteiger charge is -2.31. The van der Waals surface area contributed by atoms with Crippen LogP contribution in [0.1, 0.15) is 5.56 Å². The predicted molar refractivity (Wildman–Crippen MR) is 113 cm³/mol. The van der Waals surface area contributed by atoms with Crippen LogP contribution in [0.3, 0.4) is 0 Å². The van der Waals surface area contributed by atoms with Crippen molar-refractivity contribution in [2.24, 2.45) is 0 Å². The molecule has 29 heavy (non-hydrogen) atoms. The highest BCUT2D eigenvalue weighted by molar-refractivity contribution is 7.85. The van der Waals surface area contributed by atoms with Crippen molar-refractivity contribution in [1.82, 2.24) is 0 Å². The van der Waals surface area contributed by atoms with Gasteiger partial charge in [-0.05, 0) is 48.9 Å². The van der Waals surface area contributed by atoms with Gasteiger partial charge in [0, 0.05) is 5.39 Å². The van der Waals surface area contributed by atoms with Crippen LogP contribution < -0.4 is 14.4 Å². The Labute approximate surface area is 170 Å². The van der Waals surface area contributed by atoms with E-state index in [4.69, 9.17) is 13.9 Å². The quantitative estimate of drug-likeness (QED) is 0.385. The maximum absolute atomic E-state index is 13.5. The zero-order valence-electron chi connectivity index (χ0n) is 16.3. The summed E-state index contributed by atoms with van der Waals surface area (Å²) in [6, 6.07) is 19.2. The van der Waals surface area contributed by atoms with Crippen LogP contribution in [0.4, 0.5) is 17.3 Å². The first-order valence-electron chi connectivity index (χ1n) is 9.19. The minimum atomic E-state index is -1.37. The fourth-order valence-electron chi connectivity index (χ4n) is 3.82. The van der Waals surface area contributed by atoms with Gasteiger partial charge in [-0.3, -0.25) is 4.90 Å². The first-order valence-corrected chi connectivity index (χ1v) is 10.3. The third kappa shape index (κ3) is 2.56. The molecule has 4 aromatic rings. The van der Waals surface area contributed by atoms with E-state index in [0.29, 0.717) is 33.5 Å². The average Bonchev–Trinajstić information content (AvgIpc) is 3.13. The molecule has 0 bridgehead atoms. The van der Waals surface area contributed by atoms with Gasteiger partial charge in [-0.2, -0.15) is 0 Å². The highest BCUT2D eigenvalue weighted by Gasteiger charge is 2.37. The molecule has 0 amide bonds. The molecular weight excluding hydrogens is 386 g/mol. The molecule has 0 spiro atoms. The normalized spacial score (nSPS) is 15.1. The zero-order valence-corrected chi connectivity index (χ0v) is 17.1. The Morgan fingerprint density at radius 3 is 2.31 bits per heavy atom. The number of aryl methyl sites for hydroxylation is 1. The average molecular weight is 405 g/mol. The molecule has 1 aliphatic rings. The van der Waals surface area contributed by atoms with Gasteiger partial charge in [0.1, 0.15) is 27.7 Å². The maximum atomic E-state index is 13.5. The van der Waals surface area contributed by atoms with Gasteiger partial charge in [0.15, 0.2) is 0 Å². The van der Waals surface area contributed by atoms with Crippen LogP contribution in [0.5, 0.6) is 11.5 Å². The molecule has 0 radical (unpaired) electrons. The van der Waals surface area contributed by atoms with Crippen molar-refractivity contribution < 1.29 is 18.1 Å². The van der Waals surface area contributed by atoms with Crippen LogP contribution in [-0.2, 0) is 10.8 Å². The van der Waals surface area contributed by atoms with Crippen molar-refractivity contribution in [1.29, 1.82) is 0 Å². The highest BCUT2D eigenvalue weighted by atomic mass is 32.2. The summed E-state index contributed by atoms with van der Waals surface area (Å²) in [6.07, 6.45) is 0. The Hall–Kier alpha value is -3.25. The highest BCUT2D eigenvalue weighted by Crippen LogP contribution is 2.54. The van der Waals surface area contributed by atoms with E-state index in [1.54, 1.807) is 14.2 Å². The number of benzene rings is 3. The Bertz CT molecular complexity index is 1250. The van der Waals surface area contributed by atoms with E-state index in [2.05, 4.69) is 0 Å². The van der Waals surface area contributed by atoms with Gasteiger partial charge < -0.3 is 13.9 Å². The summed E-state index contributed by atoms with van der Waals surface area (Å²) < 4.78 is 31.1. The van der Waals surface area contributed by atoms with Crippen LogP contribution in [-0.4, -0.2) is 18.4 Å². The van der Waals surface area contributed by atoms with Gasteiger partial charge in [0.25, 0.3) is 0 Å². The van der Waals surface area contributed by atoms with Crippen LogP contribution >= 0.6 is 0 Å². The summed E-state index contributed by atoms with van der Waals surface area (Å²) >= 11 is 0. The van der Waals surface area contributed by atoms with Gasteiger partial charge in [-0.15, -0.1) is 0 Å². The molecule has 5 nitrogen and oxygen atoms in total. The molecule has 0 saturated carbocycles. The van der Waals surface area contributed by atoms with Gasteiger partial charge in [-0.1, -0.05) is 24.3 Å².